The van der Waals surface area contributed by atoms with E-state index in [0.717, 1.165) is 50.3 Å². The minimum absolute atomic E-state index is 0.0153. The van der Waals surface area contributed by atoms with Gasteiger partial charge >= 0.3 is 0 Å². The molecule has 4 rings (SSSR count). The Kier molecular flexibility index (Phi) is 6.60. The minimum atomic E-state index is -0.596. The average Bonchev–Trinajstić information content (AvgIpc) is 2.79. The van der Waals surface area contributed by atoms with Gasteiger partial charge in [0.25, 0.3) is 5.56 Å². The maximum Gasteiger partial charge on any atom is 0.258 e. The molecule has 3 aromatic rings. The Hall–Kier alpha value is -3.13. The van der Waals surface area contributed by atoms with Crippen LogP contribution in [0.3, 0.4) is 0 Å². The molecule has 0 radical (unpaired) electrons. The zero-order valence-electron chi connectivity index (χ0n) is 17.8. The van der Waals surface area contributed by atoms with E-state index in [1.807, 2.05) is 12.4 Å². The van der Waals surface area contributed by atoms with Crippen LogP contribution in [-0.4, -0.2) is 33.7 Å². The molecule has 1 aliphatic heterocycles. The maximum absolute atomic E-state index is 13.8. The Morgan fingerprint density at radius 1 is 1.22 bits per heavy atom. The van der Waals surface area contributed by atoms with Gasteiger partial charge in [-0.2, -0.15) is 0 Å². The van der Waals surface area contributed by atoms with Gasteiger partial charge in [0.05, 0.1) is 16.4 Å². The van der Waals surface area contributed by atoms with E-state index in [4.69, 9.17) is 22.1 Å². The SMILES string of the molecule is CCCc1cnc(N2CCC(Oc3cc(=O)n(-c4ccc(N)c(F)c4)cc3Cl)CC2)nc1. The van der Waals surface area contributed by atoms with Crippen molar-refractivity contribution >= 4 is 23.2 Å². The van der Waals surface area contributed by atoms with E-state index >= 15 is 0 Å². The van der Waals surface area contributed by atoms with E-state index in [1.165, 1.54) is 29.0 Å². The Labute approximate surface area is 190 Å². The fourth-order valence-electron chi connectivity index (χ4n) is 3.73. The van der Waals surface area contributed by atoms with Gasteiger partial charge in [-0.1, -0.05) is 24.9 Å². The number of piperidine rings is 1. The van der Waals surface area contributed by atoms with Crippen molar-refractivity contribution in [2.24, 2.45) is 0 Å². The predicted molar refractivity (Wildman–Crippen MR) is 123 cm³/mol. The molecular formula is C23H25ClFN5O2. The summed E-state index contributed by atoms with van der Waals surface area (Å²) in [5.74, 6) is 0.448. The molecule has 1 aliphatic rings. The van der Waals surface area contributed by atoms with Crippen LogP contribution in [0.2, 0.25) is 5.02 Å². The first-order chi connectivity index (χ1) is 15.4. The molecule has 0 amide bonds. The van der Waals surface area contributed by atoms with Crippen LogP contribution in [0.1, 0.15) is 31.7 Å². The molecule has 1 aromatic carbocycles. The predicted octanol–water partition coefficient (Wildman–Crippen LogP) is 4.00. The third-order valence-electron chi connectivity index (χ3n) is 5.48. The number of nitrogen functional groups attached to an aromatic ring is 1. The molecule has 1 fully saturated rings. The third kappa shape index (κ3) is 4.85. The number of ether oxygens (including phenoxy) is 1. The average molecular weight is 458 g/mol. The Balaban J connectivity index is 1.41. The highest BCUT2D eigenvalue weighted by Crippen LogP contribution is 2.27. The first-order valence-electron chi connectivity index (χ1n) is 10.6. The third-order valence-corrected chi connectivity index (χ3v) is 5.76. The first kappa shape index (κ1) is 22.1. The number of benzene rings is 1. The Morgan fingerprint density at radius 3 is 2.59 bits per heavy atom. The van der Waals surface area contributed by atoms with Crippen LogP contribution in [0.4, 0.5) is 16.0 Å². The maximum atomic E-state index is 13.8. The van der Waals surface area contributed by atoms with Crippen LogP contribution in [-0.2, 0) is 6.42 Å². The van der Waals surface area contributed by atoms with Gasteiger partial charge in [0.1, 0.15) is 17.7 Å². The molecule has 0 unspecified atom stereocenters. The molecule has 32 heavy (non-hydrogen) atoms. The van der Waals surface area contributed by atoms with Crippen molar-refractivity contribution in [3.05, 3.63) is 69.6 Å². The second kappa shape index (κ2) is 9.56. The van der Waals surface area contributed by atoms with Crippen molar-refractivity contribution in [2.75, 3.05) is 23.7 Å². The number of anilines is 2. The number of aromatic nitrogens is 3. The van der Waals surface area contributed by atoms with Crippen molar-refractivity contribution in [1.29, 1.82) is 0 Å². The highest BCUT2D eigenvalue weighted by atomic mass is 35.5. The number of nitrogens with zero attached hydrogens (tertiary/aromatic N) is 4. The molecule has 2 N–H and O–H groups in total. The molecule has 9 heteroatoms. The van der Waals surface area contributed by atoms with Gasteiger partial charge in [0.2, 0.25) is 5.95 Å². The van der Waals surface area contributed by atoms with E-state index in [0.29, 0.717) is 11.4 Å². The van der Waals surface area contributed by atoms with Gasteiger partial charge < -0.3 is 15.4 Å². The highest BCUT2D eigenvalue weighted by molar-refractivity contribution is 6.31. The van der Waals surface area contributed by atoms with Crippen molar-refractivity contribution < 1.29 is 9.13 Å². The van der Waals surface area contributed by atoms with Crippen molar-refractivity contribution in [2.45, 2.75) is 38.7 Å². The summed E-state index contributed by atoms with van der Waals surface area (Å²) in [7, 11) is 0. The second-order valence-electron chi connectivity index (χ2n) is 7.85. The van der Waals surface area contributed by atoms with Crippen molar-refractivity contribution in [1.82, 2.24) is 14.5 Å². The fourth-order valence-corrected chi connectivity index (χ4v) is 3.93. The van der Waals surface area contributed by atoms with Gasteiger partial charge in [-0.15, -0.1) is 0 Å². The van der Waals surface area contributed by atoms with Crippen LogP contribution < -0.4 is 20.9 Å². The van der Waals surface area contributed by atoms with Gasteiger partial charge in [-0.3, -0.25) is 9.36 Å². The van der Waals surface area contributed by atoms with Gasteiger partial charge in [0, 0.05) is 56.7 Å². The smallest absolute Gasteiger partial charge is 0.258 e. The van der Waals surface area contributed by atoms with Gasteiger partial charge in [-0.25, -0.2) is 14.4 Å². The summed E-state index contributed by atoms with van der Waals surface area (Å²) in [5.41, 5.74) is 6.64. The van der Waals surface area contributed by atoms with Crippen LogP contribution in [0.25, 0.3) is 5.69 Å². The summed E-state index contributed by atoms with van der Waals surface area (Å²) < 4.78 is 21.1. The zero-order valence-corrected chi connectivity index (χ0v) is 18.6. The fraction of sp³-hybridized carbons (Fsp3) is 0.348. The topological polar surface area (TPSA) is 86.3 Å². The highest BCUT2D eigenvalue weighted by Gasteiger charge is 2.23. The molecule has 0 spiro atoms. The lowest BCUT2D eigenvalue weighted by atomic mass is 10.1. The van der Waals surface area contributed by atoms with Gasteiger partial charge in [0.15, 0.2) is 0 Å². The number of pyridine rings is 1. The molecule has 0 atom stereocenters. The van der Waals surface area contributed by atoms with Crippen LogP contribution in [0.15, 0.2) is 47.7 Å². The zero-order chi connectivity index (χ0) is 22.7. The lowest BCUT2D eigenvalue weighted by Crippen LogP contribution is -2.39. The number of hydrogen-bond donors (Lipinski definition) is 1. The number of aryl methyl sites for hydroxylation is 1. The molecule has 7 nitrogen and oxygen atoms in total. The number of halogens is 2. The standard InChI is InChI=1S/C23H25ClFN5O2/c1-2-3-15-12-27-23(28-13-15)29-8-6-17(7-9-29)32-21-11-22(31)30(14-18(21)24)16-4-5-20(26)19(25)10-16/h4-5,10-14,17H,2-3,6-9,26H2,1H3. The van der Waals surface area contributed by atoms with E-state index < -0.39 is 5.82 Å². The summed E-state index contributed by atoms with van der Waals surface area (Å²) in [6.45, 7) is 3.62. The normalized spacial score (nSPS) is 14.5. The van der Waals surface area contributed by atoms with E-state index in [1.54, 1.807) is 6.07 Å². The number of rotatable bonds is 6. The number of nitrogens with two attached hydrogens (primary N) is 1. The molecule has 3 heterocycles. The molecule has 0 bridgehead atoms. The monoisotopic (exact) mass is 457 g/mol. The van der Waals surface area contributed by atoms with Crippen LogP contribution >= 0.6 is 11.6 Å². The minimum Gasteiger partial charge on any atom is -0.488 e. The van der Waals surface area contributed by atoms with E-state index in [2.05, 4.69) is 21.8 Å². The summed E-state index contributed by atoms with van der Waals surface area (Å²) >= 11 is 6.37. The second-order valence-corrected chi connectivity index (χ2v) is 8.25. The first-order valence-corrected chi connectivity index (χ1v) is 11.0. The summed E-state index contributed by atoms with van der Waals surface area (Å²) in [6.07, 6.45) is 8.67. The molecule has 0 aliphatic carbocycles. The Bertz CT molecular complexity index is 1140. The molecular weight excluding hydrogens is 433 g/mol. The van der Waals surface area contributed by atoms with Gasteiger partial charge in [-0.05, 0) is 24.1 Å². The van der Waals surface area contributed by atoms with E-state index in [-0.39, 0.29) is 22.4 Å². The quantitative estimate of drug-likeness (QED) is 0.563. The van der Waals surface area contributed by atoms with Crippen molar-refractivity contribution in [3.63, 3.8) is 0 Å². The summed E-state index contributed by atoms with van der Waals surface area (Å²) in [6, 6.07) is 5.49. The molecule has 1 saturated heterocycles. The Morgan fingerprint density at radius 2 is 1.94 bits per heavy atom. The lowest BCUT2D eigenvalue weighted by molar-refractivity contribution is 0.170. The molecule has 168 valence electrons. The molecule has 0 saturated carbocycles. The lowest BCUT2D eigenvalue weighted by Gasteiger charge is -2.32. The molecule has 2 aromatic heterocycles. The van der Waals surface area contributed by atoms with Crippen LogP contribution in [0.5, 0.6) is 5.75 Å². The van der Waals surface area contributed by atoms with E-state index in [9.17, 15) is 9.18 Å². The van der Waals surface area contributed by atoms with Crippen molar-refractivity contribution in [3.8, 4) is 11.4 Å². The summed E-state index contributed by atoms with van der Waals surface area (Å²) in [4.78, 5) is 23.7. The largest absolute Gasteiger partial charge is 0.488 e. The van der Waals surface area contributed by atoms with Crippen LogP contribution in [0, 0.1) is 5.82 Å². The summed E-state index contributed by atoms with van der Waals surface area (Å²) in [5, 5.41) is 0.277. The number of hydrogen-bond acceptors (Lipinski definition) is 6.